The number of alkyl halides is 3. The first-order valence-corrected chi connectivity index (χ1v) is 8.93. The third-order valence-corrected chi connectivity index (χ3v) is 4.84. The first-order chi connectivity index (χ1) is 13.3. The molecule has 3 rings (SSSR count). The number of hydrogen-bond acceptors (Lipinski definition) is 3. The maximum atomic E-state index is 14.5. The summed E-state index contributed by atoms with van der Waals surface area (Å²) in [5, 5.41) is 14.4. The van der Waals surface area contributed by atoms with Gasteiger partial charge in [-0.1, -0.05) is 18.2 Å². The maximum absolute atomic E-state index is 14.5. The van der Waals surface area contributed by atoms with Crippen LogP contribution in [0, 0.1) is 5.82 Å². The number of hydrogen-bond donors (Lipinski definition) is 1. The van der Waals surface area contributed by atoms with Gasteiger partial charge in [-0.25, -0.2) is 4.39 Å². The normalized spacial score (nSPS) is 17.4. The van der Waals surface area contributed by atoms with E-state index >= 15 is 0 Å². The number of carbonyl (C=O) groups excluding carboxylic acids is 1. The van der Waals surface area contributed by atoms with Crippen molar-refractivity contribution in [2.24, 2.45) is 0 Å². The Balaban J connectivity index is 1.83. The van der Waals surface area contributed by atoms with Gasteiger partial charge in [-0.15, -0.1) is 0 Å². The van der Waals surface area contributed by atoms with Crippen LogP contribution in [0.1, 0.15) is 36.0 Å². The molecule has 1 fully saturated rings. The Kier molecular flexibility index (Phi) is 5.76. The van der Waals surface area contributed by atoms with Crippen LogP contribution >= 0.6 is 0 Å². The molecule has 0 saturated carbocycles. The first-order valence-electron chi connectivity index (χ1n) is 8.93. The maximum Gasteiger partial charge on any atom is 0.416 e. The van der Waals surface area contributed by atoms with Crippen molar-refractivity contribution in [1.82, 2.24) is 4.90 Å². The lowest BCUT2D eigenvalue weighted by Gasteiger charge is -2.38. The third-order valence-electron chi connectivity index (χ3n) is 4.84. The molecule has 2 aromatic rings. The number of amides is 1. The van der Waals surface area contributed by atoms with Gasteiger partial charge in [0.05, 0.1) is 11.7 Å². The van der Waals surface area contributed by atoms with Gasteiger partial charge in [0.1, 0.15) is 11.9 Å². The number of likely N-dealkylation sites (tertiary alicyclic amines) is 1. The number of carboxylic acid groups (broad SMARTS) is 1. The fourth-order valence-electron chi connectivity index (χ4n) is 3.37. The number of halogens is 4. The summed E-state index contributed by atoms with van der Waals surface area (Å²) in [7, 11) is 0. The molecule has 4 nitrogen and oxygen atoms in total. The van der Waals surface area contributed by atoms with Crippen LogP contribution in [0.5, 0.6) is 0 Å². The summed E-state index contributed by atoms with van der Waals surface area (Å²) in [6.07, 6.45) is -4.07. The molecule has 0 radical (unpaired) electrons. The number of carbonyl (C=O) groups is 1. The van der Waals surface area contributed by atoms with Crippen molar-refractivity contribution < 1.29 is 27.5 Å². The monoisotopic (exact) mass is 395 g/mol. The molecule has 8 heteroatoms. The lowest BCUT2D eigenvalue weighted by Crippen LogP contribution is -2.52. The topological polar surface area (TPSA) is 55.4 Å². The van der Waals surface area contributed by atoms with Crippen molar-refractivity contribution >= 4 is 11.8 Å². The molecule has 1 unspecified atom stereocenters. The highest BCUT2D eigenvalue weighted by Crippen LogP contribution is 2.30. The molecule has 2 aromatic carbocycles. The van der Waals surface area contributed by atoms with Crippen molar-refractivity contribution in [3.05, 3.63) is 65.0 Å². The molecule has 1 N–H and O–H groups in total. The average molecular weight is 395 g/mol. The van der Waals surface area contributed by atoms with Crippen LogP contribution in [0.4, 0.5) is 28.0 Å². The molecule has 0 aromatic heterocycles. The van der Waals surface area contributed by atoms with Crippen molar-refractivity contribution in [3.63, 3.8) is 0 Å². The summed E-state index contributed by atoms with van der Waals surface area (Å²) in [6, 6.07) is 8.94. The Hall–Kier alpha value is -2.77. The molecule has 1 amide bonds. The Morgan fingerprint density at radius 3 is 2.50 bits per heavy atom. The second kappa shape index (κ2) is 8.08. The molecular formula is C20H19F4N2O2-. The van der Waals surface area contributed by atoms with Gasteiger partial charge < -0.3 is 20.1 Å². The van der Waals surface area contributed by atoms with Gasteiger partial charge in [-0.2, -0.15) is 13.2 Å². The summed E-state index contributed by atoms with van der Waals surface area (Å²) in [5.41, 5.74) is 0.431. The predicted octanol–water partition coefficient (Wildman–Crippen LogP) is 4.00. The van der Waals surface area contributed by atoms with Crippen LogP contribution in [0.3, 0.4) is 0 Å². The Morgan fingerprint density at radius 2 is 1.86 bits per heavy atom. The minimum atomic E-state index is -4.43. The molecular weight excluding hydrogens is 376 g/mol. The molecule has 28 heavy (non-hydrogen) atoms. The molecule has 1 aliphatic rings. The molecule has 1 aliphatic heterocycles. The number of benzene rings is 2. The van der Waals surface area contributed by atoms with Gasteiger partial charge in [0.15, 0.2) is 0 Å². The summed E-state index contributed by atoms with van der Waals surface area (Å²) in [6.45, 7) is 0.337. The summed E-state index contributed by atoms with van der Waals surface area (Å²) in [4.78, 5) is 12.5. The van der Waals surface area contributed by atoms with Crippen LogP contribution in [0.15, 0.2) is 42.5 Å². The fourth-order valence-corrected chi connectivity index (χ4v) is 3.37. The average Bonchev–Trinajstić information content (AvgIpc) is 2.64. The lowest BCUT2D eigenvalue weighted by atomic mass is 10.0. The van der Waals surface area contributed by atoms with E-state index in [9.17, 15) is 27.5 Å². The van der Waals surface area contributed by atoms with E-state index in [1.165, 1.54) is 29.2 Å². The molecule has 1 heterocycles. The number of nitrogens with one attached hydrogen (secondary N) is 1. The van der Waals surface area contributed by atoms with E-state index in [1.807, 2.05) is 0 Å². The SMILES string of the molecule is O=C([O-])N1CCCCC1Nc1cccc(F)c1Cc1ccc(C(F)(F)F)cc1. The standard InChI is InChI=1S/C20H20F4N2O2/c21-16-4-3-5-17(25-18-6-1-2-11-26(18)19(27)28)15(16)12-13-7-9-14(10-8-13)20(22,23)24/h3-5,7-10,18,25H,1-2,6,11-12H2,(H,27,28)/p-1. The zero-order valence-corrected chi connectivity index (χ0v) is 14.9. The number of rotatable bonds is 4. The molecule has 1 atom stereocenters. The molecule has 150 valence electrons. The van der Waals surface area contributed by atoms with E-state index in [4.69, 9.17) is 0 Å². The van der Waals surface area contributed by atoms with Gasteiger partial charge in [-0.05, 0) is 49.1 Å². The van der Waals surface area contributed by atoms with E-state index in [1.54, 1.807) is 6.07 Å². The van der Waals surface area contributed by atoms with Gasteiger partial charge in [0.25, 0.3) is 0 Å². The van der Waals surface area contributed by atoms with Gasteiger partial charge in [0, 0.05) is 24.2 Å². The highest BCUT2D eigenvalue weighted by molar-refractivity contribution is 5.64. The quantitative estimate of drug-likeness (QED) is 0.797. The molecule has 0 spiro atoms. The summed E-state index contributed by atoms with van der Waals surface area (Å²) < 4.78 is 52.6. The van der Waals surface area contributed by atoms with E-state index in [0.29, 0.717) is 24.2 Å². The Bertz CT molecular complexity index is 837. The van der Waals surface area contributed by atoms with Crippen molar-refractivity contribution in [1.29, 1.82) is 0 Å². The van der Waals surface area contributed by atoms with Crippen molar-refractivity contribution in [3.8, 4) is 0 Å². The van der Waals surface area contributed by atoms with Crippen LogP contribution in [0.25, 0.3) is 0 Å². The second-order valence-electron chi connectivity index (χ2n) is 6.75. The first kappa shape index (κ1) is 20.0. The zero-order chi connectivity index (χ0) is 20.3. The molecule has 1 saturated heterocycles. The van der Waals surface area contributed by atoms with Crippen molar-refractivity contribution in [2.45, 2.75) is 38.0 Å². The van der Waals surface area contributed by atoms with E-state index in [-0.39, 0.29) is 12.0 Å². The largest absolute Gasteiger partial charge is 0.530 e. The van der Waals surface area contributed by atoms with Crippen LogP contribution in [-0.2, 0) is 12.6 Å². The Morgan fingerprint density at radius 1 is 1.14 bits per heavy atom. The minimum absolute atomic E-state index is 0.0746. The molecule has 0 bridgehead atoms. The van der Waals surface area contributed by atoms with Gasteiger partial charge >= 0.3 is 6.18 Å². The summed E-state index contributed by atoms with van der Waals surface area (Å²) >= 11 is 0. The Labute approximate surface area is 159 Å². The van der Waals surface area contributed by atoms with Crippen molar-refractivity contribution in [2.75, 3.05) is 11.9 Å². The van der Waals surface area contributed by atoms with Gasteiger partial charge in [0.2, 0.25) is 0 Å². The lowest BCUT2D eigenvalue weighted by molar-refractivity contribution is -0.268. The van der Waals surface area contributed by atoms with Crippen LogP contribution in [-0.4, -0.2) is 23.7 Å². The third kappa shape index (κ3) is 4.55. The van der Waals surface area contributed by atoms with E-state index < -0.39 is 29.8 Å². The number of nitrogens with zero attached hydrogens (tertiary/aromatic N) is 1. The zero-order valence-electron chi connectivity index (χ0n) is 14.9. The summed E-state index contributed by atoms with van der Waals surface area (Å²) in [5.74, 6) is -0.513. The highest BCUT2D eigenvalue weighted by Gasteiger charge is 2.30. The number of piperidine rings is 1. The number of anilines is 1. The van der Waals surface area contributed by atoms with Crippen LogP contribution < -0.4 is 10.4 Å². The second-order valence-corrected chi connectivity index (χ2v) is 6.75. The minimum Gasteiger partial charge on any atom is -0.530 e. The smallest absolute Gasteiger partial charge is 0.416 e. The highest BCUT2D eigenvalue weighted by atomic mass is 19.4. The van der Waals surface area contributed by atoms with Gasteiger partial charge in [-0.3, -0.25) is 0 Å². The van der Waals surface area contributed by atoms with E-state index in [0.717, 1.165) is 25.0 Å². The predicted molar refractivity (Wildman–Crippen MR) is 94.0 cm³/mol. The van der Waals surface area contributed by atoms with Crippen LogP contribution in [0.2, 0.25) is 0 Å². The molecule has 0 aliphatic carbocycles. The van der Waals surface area contributed by atoms with E-state index in [2.05, 4.69) is 5.32 Å². The fraction of sp³-hybridized carbons (Fsp3) is 0.350.